The number of carbonyl (C=O) groups is 3. The fourth-order valence-electron chi connectivity index (χ4n) is 5.07. The monoisotopic (exact) mass is 382 g/mol. The highest BCUT2D eigenvalue weighted by Crippen LogP contribution is 2.59. The minimum atomic E-state index is -1.03. The average molecular weight is 382 g/mol. The van der Waals surface area contributed by atoms with E-state index >= 15 is 0 Å². The number of ether oxygens (including phenoxy) is 2. The second-order valence-corrected chi connectivity index (χ2v) is 7.96. The van der Waals surface area contributed by atoms with Gasteiger partial charge in [0, 0.05) is 6.04 Å². The van der Waals surface area contributed by atoms with Gasteiger partial charge < -0.3 is 24.8 Å². The maximum atomic E-state index is 13.4. The van der Waals surface area contributed by atoms with Crippen LogP contribution in [0, 0.1) is 11.8 Å². The quantitative estimate of drug-likeness (QED) is 0.610. The van der Waals surface area contributed by atoms with Crippen molar-refractivity contribution in [3.05, 3.63) is 0 Å². The van der Waals surface area contributed by atoms with Crippen molar-refractivity contribution >= 4 is 17.8 Å². The molecule has 0 aliphatic carbocycles. The summed E-state index contributed by atoms with van der Waals surface area (Å²) >= 11 is 0. The van der Waals surface area contributed by atoms with Gasteiger partial charge in [0.1, 0.15) is 11.6 Å². The predicted octanol–water partition coefficient (Wildman–Crippen LogP) is 0.220. The molecule has 27 heavy (non-hydrogen) atoms. The zero-order valence-electron chi connectivity index (χ0n) is 16.4. The molecular weight excluding hydrogens is 352 g/mol. The fraction of sp³-hybridized carbons (Fsp3) is 0.842. The van der Waals surface area contributed by atoms with Crippen molar-refractivity contribution in [3.63, 3.8) is 0 Å². The van der Waals surface area contributed by atoms with E-state index in [1.165, 1.54) is 4.90 Å². The van der Waals surface area contributed by atoms with Gasteiger partial charge in [0.25, 0.3) is 0 Å². The van der Waals surface area contributed by atoms with Crippen LogP contribution in [0.5, 0.6) is 0 Å². The minimum Gasteiger partial charge on any atom is -0.466 e. The molecule has 3 fully saturated rings. The number of hydrogen-bond donors (Lipinski definition) is 2. The van der Waals surface area contributed by atoms with E-state index in [2.05, 4.69) is 5.32 Å². The summed E-state index contributed by atoms with van der Waals surface area (Å²) in [5, 5.41) is 12.7. The Morgan fingerprint density at radius 2 is 2.11 bits per heavy atom. The molecule has 2 bridgehead atoms. The van der Waals surface area contributed by atoms with Gasteiger partial charge in [-0.1, -0.05) is 6.92 Å². The first-order valence-electron chi connectivity index (χ1n) is 9.90. The van der Waals surface area contributed by atoms with E-state index in [1.54, 1.807) is 6.92 Å². The topological polar surface area (TPSA) is 105 Å². The van der Waals surface area contributed by atoms with E-state index in [4.69, 9.17) is 9.47 Å². The van der Waals surface area contributed by atoms with Gasteiger partial charge >= 0.3 is 5.97 Å². The normalized spacial score (nSPS) is 35.5. The van der Waals surface area contributed by atoms with E-state index in [0.29, 0.717) is 19.3 Å². The van der Waals surface area contributed by atoms with Crippen LogP contribution in [0.3, 0.4) is 0 Å². The molecule has 8 nitrogen and oxygen atoms in total. The summed E-state index contributed by atoms with van der Waals surface area (Å²) in [5.41, 5.74) is -1.03. The van der Waals surface area contributed by atoms with Crippen LogP contribution >= 0.6 is 0 Å². The molecule has 2 amide bonds. The Labute approximate surface area is 159 Å². The zero-order chi connectivity index (χ0) is 19.9. The summed E-state index contributed by atoms with van der Waals surface area (Å²) < 4.78 is 11.4. The van der Waals surface area contributed by atoms with Crippen molar-refractivity contribution < 1.29 is 29.0 Å². The van der Waals surface area contributed by atoms with Gasteiger partial charge in [-0.25, -0.2) is 0 Å². The van der Waals surface area contributed by atoms with Crippen molar-refractivity contribution in [1.29, 1.82) is 0 Å². The van der Waals surface area contributed by atoms with Crippen LogP contribution in [0.25, 0.3) is 0 Å². The van der Waals surface area contributed by atoms with Gasteiger partial charge in [0.15, 0.2) is 0 Å². The lowest BCUT2D eigenvalue weighted by molar-refractivity contribution is -0.155. The van der Waals surface area contributed by atoms with Crippen LogP contribution < -0.4 is 5.32 Å². The van der Waals surface area contributed by atoms with E-state index in [-0.39, 0.29) is 31.1 Å². The van der Waals surface area contributed by atoms with Crippen LogP contribution in [0.1, 0.15) is 47.0 Å². The molecule has 0 unspecified atom stereocenters. The molecular formula is C19H30N2O6. The number of amides is 2. The lowest BCUT2D eigenvalue weighted by Crippen LogP contribution is -2.58. The third-order valence-corrected chi connectivity index (χ3v) is 6.05. The highest BCUT2D eigenvalue weighted by molar-refractivity contribution is 5.98. The maximum Gasteiger partial charge on any atom is 0.312 e. The van der Waals surface area contributed by atoms with Crippen LogP contribution in [0.2, 0.25) is 0 Å². The highest BCUT2D eigenvalue weighted by Gasteiger charge is 2.75. The van der Waals surface area contributed by atoms with Crippen LogP contribution in [-0.2, 0) is 23.9 Å². The van der Waals surface area contributed by atoms with Gasteiger partial charge in [0.05, 0.1) is 37.2 Å². The third kappa shape index (κ3) is 2.93. The lowest BCUT2D eigenvalue weighted by Gasteiger charge is -2.36. The first kappa shape index (κ1) is 20.1. The second-order valence-electron chi connectivity index (χ2n) is 7.96. The Balaban J connectivity index is 2.03. The van der Waals surface area contributed by atoms with Crippen molar-refractivity contribution in [1.82, 2.24) is 10.2 Å². The van der Waals surface area contributed by atoms with E-state index in [9.17, 15) is 19.5 Å². The molecule has 1 spiro atoms. The molecule has 3 aliphatic rings. The van der Waals surface area contributed by atoms with Crippen molar-refractivity contribution in [3.8, 4) is 0 Å². The largest absolute Gasteiger partial charge is 0.466 e. The Hall–Kier alpha value is -1.67. The number of rotatable bonds is 7. The number of hydrogen-bond acceptors (Lipinski definition) is 6. The first-order valence-corrected chi connectivity index (χ1v) is 9.90. The van der Waals surface area contributed by atoms with Gasteiger partial charge in [-0.2, -0.15) is 0 Å². The van der Waals surface area contributed by atoms with Gasteiger partial charge in [0.2, 0.25) is 11.8 Å². The van der Waals surface area contributed by atoms with Crippen LogP contribution in [-0.4, -0.2) is 70.8 Å². The number of esters is 1. The molecule has 3 rings (SSSR count). The van der Waals surface area contributed by atoms with E-state index < -0.39 is 41.6 Å². The fourth-order valence-corrected chi connectivity index (χ4v) is 5.07. The molecule has 6 atom stereocenters. The van der Waals surface area contributed by atoms with Gasteiger partial charge in [-0.15, -0.1) is 0 Å². The number of fused-ring (bicyclic) bond motifs is 1. The second kappa shape index (κ2) is 7.39. The van der Waals surface area contributed by atoms with Gasteiger partial charge in [-0.3, -0.25) is 14.4 Å². The number of nitrogens with one attached hydrogen (secondary N) is 1. The Morgan fingerprint density at radius 1 is 1.41 bits per heavy atom. The molecule has 2 N–H and O–H groups in total. The van der Waals surface area contributed by atoms with Crippen molar-refractivity contribution in [2.45, 2.75) is 76.8 Å². The molecule has 152 valence electrons. The molecule has 3 saturated heterocycles. The number of nitrogens with zero attached hydrogens (tertiary/aromatic N) is 1. The van der Waals surface area contributed by atoms with E-state index in [0.717, 1.165) is 0 Å². The summed E-state index contributed by atoms with van der Waals surface area (Å²) in [5.74, 6) is -2.46. The molecule has 0 aromatic heterocycles. The maximum absolute atomic E-state index is 13.4. The number of aliphatic hydroxyl groups excluding tert-OH is 1. The molecule has 8 heteroatoms. The average Bonchev–Trinajstić information content (AvgIpc) is 3.24. The Morgan fingerprint density at radius 3 is 2.67 bits per heavy atom. The van der Waals surface area contributed by atoms with Crippen molar-refractivity contribution in [2.24, 2.45) is 11.8 Å². The zero-order valence-corrected chi connectivity index (χ0v) is 16.4. The minimum absolute atomic E-state index is 0.0986. The SMILES string of the molecule is CCOC(=O)[C@@H]1[C@H]2C(=O)N([C@@H](CC)CO)[C@H](C(=O)NC(C)C)[C@]23CC[C@H]1O3. The number of likely N-dealkylation sites (tertiary alicyclic amines) is 1. The van der Waals surface area contributed by atoms with Crippen molar-refractivity contribution in [2.75, 3.05) is 13.2 Å². The number of carbonyl (C=O) groups excluding carboxylic acids is 3. The Bertz CT molecular complexity index is 619. The standard InChI is InChI=1S/C19H30N2O6/c1-5-11(9-22)21-15(16(23)20-10(3)4)19-8-7-12(27-19)13(14(19)17(21)24)18(25)26-6-2/h10-15,22H,5-9H2,1-4H3,(H,20,23)/t11-,12+,13-,14-,15+,19-/m0/s1. The third-order valence-electron chi connectivity index (χ3n) is 6.05. The van der Waals surface area contributed by atoms with Crippen LogP contribution in [0.4, 0.5) is 0 Å². The molecule has 0 saturated carbocycles. The summed E-state index contributed by atoms with van der Waals surface area (Å²) in [7, 11) is 0. The predicted molar refractivity (Wildman–Crippen MR) is 95.5 cm³/mol. The molecule has 3 aliphatic heterocycles. The summed E-state index contributed by atoms with van der Waals surface area (Å²) in [6, 6.07) is -1.44. The van der Waals surface area contributed by atoms with Gasteiger partial charge in [-0.05, 0) is 40.0 Å². The first-order chi connectivity index (χ1) is 12.8. The molecule has 0 radical (unpaired) electrons. The number of aliphatic hydroxyl groups is 1. The Kier molecular flexibility index (Phi) is 5.49. The molecule has 0 aromatic carbocycles. The highest BCUT2D eigenvalue weighted by atomic mass is 16.6. The van der Waals surface area contributed by atoms with Crippen LogP contribution in [0.15, 0.2) is 0 Å². The summed E-state index contributed by atoms with van der Waals surface area (Å²) in [6.07, 6.45) is 1.26. The summed E-state index contributed by atoms with van der Waals surface area (Å²) in [4.78, 5) is 40.5. The summed E-state index contributed by atoms with van der Waals surface area (Å²) in [6.45, 7) is 7.27. The molecule has 0 aromatic rings. The smallest absolute Gasteiger partial charge is 0.312 e. The lowest BCUT2D eigenvalue weighted by atomic mass is 9.70. The molecule has 3 heterocycles. The van der Waals surface area contributed by atoms with E-state index in [1.807, 2.05) is 20.8 Å².